The van der Waals surface area contributed by atoms with Gasteiger partial charge in [0.15, 0.2) is 0 Å². The molecule has 0 radical (unpaired) electrons. The van der Waals surface area contributed by atoms with Gasteiger partial charge in [0, 0.05) is 17.1 Å². The molecule has 0 aliphatic heterocycles. The summed E-state index contributed by atoms with van der Waals surface area (Å²) in [5, 5.41) is 9.87. The van der Waals surface area contributed by atoms with Gasteiger partial charge < -0.3 is 4.40 Å². The fourth-order valence-corrected chi connectivity index (χ4v) is 3.99. The van der Waals surface area contributed by atoms with Gasteiger partial charge in [0.05, 0.1) is 22.3 Å². The van der Waals surface area contributed by atoms with Gasteiger partial charge in [-0.3, -0.25) is 0 Å². The second-order valence-electron chi connectivity index (χ2n) is 8.23. The van der Waals surface area contributed by atoms with Crippen LogP contribution in [0.4, 0.5) is 17.6 Å². The Bertz CT molecular complexity index is 1440. The van der Waals surface area contributed by atoms with Crippen molar-refractivity contribution in [1.82, 2.24) is 4.40 Å². The molecule has 2 aromatic carbocycles. The molecule has 7 heteroatoms. The third-order valence-electron chi connectivity index (χ3n) is 5.54. The van der Waals surface area contributed by atoms with Gasteiger partial charge in [-0.15, -0.1) is 6.58 Å². The summed E-state index contributed by atoms with van der Waals surface area (Å²) in [6.45, 7) is 10.8. The lowest BCUT2D eigenvalue weighted by Gasteiger charge is -2.17. The number of allylic oxidation sites excluding steroid dienone is 1. The number of thiocarbonyl (C=S) groups is 1. The number of hydrogen-bond donors (Lipinski definition) is 0. The van der Waals surface area contributed by atoms with Crippen molar-refractivity contribution >= 4 is 23.1 Å². The first kappa shape index (κ1) is 29.5. The van der Waals surface area contributed by atoms with Crippen LogP contribution in [0.25, 0.3) is 16.6 Å². The number of halogens is 4. The van der Waals surface area contributed by atoms with Gasteiger partial charge in [-0.25, -0.2) is 4.39 Å². The fraction of sp³-hybridized carbons (Fsp3) is 0.200. The first-order valence-corrected chi connectivity index (χ1v) is 12.0. The van der Waals surface area contributed by atoms with Crippen molar-refractivity contribution in [1.29, 1.82) is 5.26 Å². The number of pyridine rings is 1. The van der Waals surface area contributed by atoms with E-state index in [9.17, 15) is 17.6 Å². The maximum Gasteiger partial charge on any atom is 0.417 e. The van der Waals surface area contributed by atoms with Crippen LogP contribution in [0, 0.1) is 31.0 Å². The molecule has 2 aromatic heterocycles. The monoisotopic (exact) mass is 524 g/mol. The topological polar surface area (TPSA) is 28.2 Å². The highest BCUT2D eigenvalue weighted by Gasteiger charge is 2.34. The SMILES string of the molecule is C=CC.CCc1cc(C(F)(F)F)c(-c2cccn3c(C=S)ccc23)cc1C.Cc1ccc(F)c(C#N)c1. The van der Waals surface area contributed by atoms with Crippen LogP contribution in [0.15, 0.2) is 73.4 Å². The lowest BCUT2D eigenvalue weighted by Crippen LogP contribution is -2.09. The van der Waals surface area contributed by atoms with E-state index in [4.69, 9.17) is 17.5 Å². The molecule has 0 aliphatic carbocycles. The summed E-state index contributed by atoms with van der Waals surface area (Å²) < 4.78 is 55.2. The average Bonchev–Trinajstić information content (AvgIpc) is 3.29. The minimum Gasteiger partial charge on any atom is -0.316 e. The van der Waals surface area contributed by atoms with E-state index in [1.807, 2.05) is 38.2 Å². The zero-order valence-corrected chi connectivity index (χ0v) is 22.0. The Kier molecular flexibility index (Phi) is 10.3. The molecule has 0 unspecified atom stereocenters. The van der Waals surface area contributed by atoms with Gasteiger partial charge in [-0.2, -0.15) is 18.4 Å². The molecule has 0 saturated carbocycles. The Morgan fingerprint density at radius 3 is 2.27 bits per heavy atom. The molecule has 0 N–H and O–H groups in total. The number of aryl methyl sites for hydroxylation is 3. The normalized spacial score (nSPS) is 10.5. The van der Waals surface area contributed by atoms with Crippen LogP contribution in [-0.2, 0) is 12.6 Å². The Morgan fingerprint density at radius 1 is 1.05 bits per heavy atom. The summed E-state index contributed by atoms with van der Waals surface area (Å²) in [6, 6.07) is 16.2. The first-order valence-electron chi connectivity index (χ1n) is 11.5. The first-order chi connectivity index (χ1) is 17.5. The van der Waals surface area contributed by atoms with Crippen LogP contribution in [0.2, 0.25) is 0 Å². The summed E-state index contributed by atoms with van der Waals surface area (Å²) in [7, 11) is 0. The van der Waals surface area contributed by atoms with Crippen molar-refractivity contribution in [2.24, 2.45) is 0 Å². The molecule has 2 heterocycles. The maximum atomic E-state index is 13.6. The number of fused-ring (bicyclic) bond motifs is 1. The lowest BCUT2D eigenvalue weighted by atomic mass is 9.93. The highest BCUT2D eigenvalue weighted by atomic mass is 32.1. The summed E-state index contributed by atoms with van der Waals surface area (Å²) in [5.41, 5.74) is 4.24. The maximum absolute atomic E-state index is 13.6. The Hall–Kier alpha value is -3.76. The highest BCUT2D eigenvalue weighted by molar-refractivity contribution is 7.79. The molecule has 0 atom stereocenters. The molecule has 192 valence electrons. The van der Waals surface area contributed by atoms with Crippen LogP contribution >= 0.6 is 12.2 Å². The Balaban J connectivity index is 0.000000308. The van der Waals surface area contributed by atoms with E-state index < -0.39 is 17.6 Å². The zero-order chi connectivity index (χ0) is 27.8. The minimum atomic E-state index is -4.40. The second kappa shape index (κ2) is 13.0. The quantitative estimate of drug-likeness (QED) is 0.152. The van der Waals surface area contributed by atoms with Gasteiger partial charge >= 0.3 is 6.18 Å². The number of alkyl halides is 3. The van der Waals surface area contributed by atoms with Crippen molar-refractivity contribution in [2.45, 2.75) is 40.3 Å². The third kappa shape index (κ3) is 7.14. The van der Waals surface area contributed by atoms with Crippen molar-refractivity contribution in [3.8, 4) is 17.2 Å². The number of rotatable bonds is 3. The fourth-order valence-electron chi connectivity index (χ4n) is 3.80. The van der Waals surface area contributed by atoms with Gasteiger partial charge in [-0.05, 0) is 85.8 Å². The van der Waals surface area contributed by atoms with Crippen LogP contribution in [-0.4, -0.2) is 9.77 Å². The van der Waals surface area contributed by atoms with E-state index in [0.29, 0.717) is 23.1 Å². The van der Waals surface area contributed by atoms with E-state index in [-0.39, 0.29) is 11.1 Å². The molecule has 0 fully saturated rings. The molecule has 4 aromatic rings. The smallest absolute Gasteiger partial charge is 0.316 e. The van der Waals surface area contributed by atoms with Crippen molar-refractivity contribution in [3.05, 3.63) is 113 Å². The third-order valence-corrected chi connectivity index (χ3v) is 5.78. The molecule has 0 spiro atoms. The lowest BCUT2D eigenvalue weighted by molar-refractivity contribution is -0.137. The number of hydrogen-bond acceptors (Lipinski definition) is 2. The molecule has 0 bridgehead atoms. The van der Waals surface area contributed by atoms with E-state index in [0.717, 1.165) is 16.8 Å². The van der Waals surface area contributed by atoms with Crippen molar-refractivity contribution < 1.29 is 17.6 Å². The molecule has 2 nitrogen and oxygen atoms in total. The molecular formula is C30H28F4N2S. The molecule has 4 rings (SSSR count). The van der Waals surface area contributed by atoms with E-state index in [1.54, 1.807) is 48.7 Å². The predicted octanol–water partition coefficient (Wildman–Crippen LogP) is 9.04. The molecule has 0 aliphatic rings. The highest BCUT2D eigenvalue weighted by Crippen LogP contribution is 2.40. The van der Waals surface area contributed by atoms with E-state index in [1.165, 1.54) is 23.6 Å². The van der Waals surface area contributed by atoms with Crippen LogP contribution in [0.5, 0.6) is 0 Å². The van der Waals surface area contributed by atoms with Gasteiger partial charge in [-0.1, -0.05) is 43.4 Å². The number of aromatic nitrogens is 1. The van der Waals surface area contributed by atoms with Crippen molar-refractivity contribution in [3.63, 3.8) is 0 Å². The van der Waals surface area contributed by atoms with Crippen LogP contribution < -0.4 is 0 Å². The molecular weight excluding hydrogens is 496 g/mol. The van der Waals surface area contributed by atoms with E-state index in [2.05, 4.69) is 6.58 Å². The average molecular weight is 525 g/mol. The second-order valence-corrected chi connectivity index (χ2v) is 8.47. The summed E-state index contributed by atoms with van der Waals surface area (Å²) >= 11 is 4.97. The van der Waals surface area contributed by atoms with Gasteiger partial charge in [0.25, 0.3) is 0 Å². The minimum absolute atomic E-state index is 0.111. The van der Waals surface area contributed by atoms with E-state index >= 15 is 0 Å². The summed E-state index contributed by atoms with van der Waals surface area (Å²) in [5.74, 6) is -0.451. The zero-order valence-electron chi connectivity index (χ0n) is 21.2. The standard InChI is InChI=1S/C19H16F3NS.C8H6FN.C3H6/c1-3-13-10-17(19(20,21)22)16(9-12(13)2)15-5-4-8-23-14(11-24)6-7-18(15)23;1-6-2-3-8(9)7(4-6)5-10;1-3-2/h4-11H,3H2,1-2H3;2-4H,1H3;3H,1H2,2H3. The molecule has 0 saturated heterocycles. The van der Waals surface area contributed by atoms with Crippen molar-refractivity contribution in [2.75, 3.05) is 0 Å². The number of nitriles is 1. The number of benzene rings is 2. The van der Waals surface area contributed by atoms with Crippen LogP contribution in [0.1, 0.15) is 47.4 Å². The Morgan fingerprint density at radius 2 is 1.73 bits per heavy atom. The number of nitrogens with zero attached hydrogens (tertiary/aromatic N) is 2. The summed E-state index contributed by atoms with van der Waals surface area (Å²) in [4.78, 5) is 0. The Labute approximate surface area is 220 Å². The van der Waals surface area contributed by atoms with Gasteiger partial charge in [0.1, 0.15) is 11.9 Å². The van der Waals surface area contributed by atoms with Crippen LogP contribution in [0.3, 0.4) is 0 Å². The largest absolute Gasteiger partial charge is 0.417 e. The summed E-state index contributed by atoms with van der Waals surface area (Å²) in [6.07, 6.45) is -0.281. The predicted molar refractivity (Wildman–Crippen MR) is 146 cm³/mol. The van der Waals surface area contributed by atoms with Gasteiger partial charge in [0.2, 0.25) is 0 Å². The molecule has 0 amide bonds. The molecule has 37 heavy (non-hydrogen) atoms.